The van der Waals surface area contributed by atoms with Crippen molar-refractivity contribution in [3.05, 3.63) is 68.1 Å². The molecule has 0 bridgehead atoms. The number of amides is 1. The fraction of sp³-hybridized carbons (Fsp3) is 0.424. The third-order valence-electron chi connectivity index (χ3n) is 8.63. The lowest BCUT2D eigenvalue weighted by Crippen LogP contribution is -2.40. The molecule has 5 rings (SSSR count). The molecule has 0 unspecified atom stereocenters. The predicted octanol–water partition coefficient (Wildman–Crippen LogP) is 7.49. The minimum Gasteiger partial charge on any atom is -0.494 e. The number of H-pyrrole nitrogens is 1. The maximum absolute atomic E-state index is 13.8. The van der Waals surface area contributed by atoms with Crippen molar-refractivity contribution in [3.63, 3.8) is 0 Å². The third-order valence-corrected chi connectivity index (χ3v) is 9.54. The summed E-state index contributed by atoms with van der Waals surface area (Å²) < 4.78 is 7.91. The molecule has 0 spiro atoms. The van der Waals surface area contributed by atoms with Gasteiger partial charge in [0.15, 0.2) is 0 Å². The summed E-state index contributed by atoms with van der Waals surface area (Å²) >= 11 is 13.1. The van der Waals surface area contributed by atoms with Gasteiger partial charge in [0.25, 0.3) is 5.91 Å². The zero-order valence-electron chi connectivity index (χ0n) is 25.2. The van der Waals surface area contributed by atoms with Crippen LogP contribution in [0.3, 0.4) is 0 Å². The van der Waals surface area contributed by atoms with Gasteiger partial charge < -0.3 is 20.1 Å². The molecule has 1 amide bonds. The molecule has 2 aromatic heterocycles. The van der Waals surface area contributed by atoms with Gasteiger partial charge in [-0.25, -0.2) is 0 Å². The average Bonchev–Trinajstić information content (AvgIpc) is 3.45. The lowest BCUT2D eigenvalue weighted by molar-refractivity contribution is -0.143. The molecule has 1 aliphatic carbocycles. The van der Waals surface area contributed by atoms with E-state index in [1.165, 1.54) is 0 Å². The molecule has 4 aromatic rings. The Labute approximate surface area is 261 Å². The van der Waals surface area contributed by atoms with Gasteiger partial charge in [-0.2, -0.15) is 5.10 Å². The highest BCUT2D eigenvalue weighted by Crippen LogP contribution is 2.40. The molecule has 10 heteroatoms. The number of aromatic nitrogens is 3. The van der Waals surface area contributed by atoms with Crippen LogP contribution in [0.1, 0.15) is 70.7 Å². The number of carbonyl (C=O) groups is 2. The molecule has 2 heterocycles. The standard InChI is InChI=1S/C33H38Cl2N4O4/c1-17-14-23(15-18(2)29(17)35)43-13-7-10-24-25-11-12-26(34)28(27-19(3)38-39(5)20(27)4)30(25)37-31(24)32(40)36-22-9-6-8-21(16-22)33(41)42/h11-12,14-15,21-22,37H,6-10,13,16H2,1-5H3,(H,36,40)(H,41,42)/t21-,22-/m1/s1. The maximum Gasteiger partial charge on any atom is 0.306 e. The van der Waals surface area contributed by atoms with Crippen molar-refractivity contribution in [2.75, 3.05) is 6.61 Å². The lowest BCUT2D eigenvalue weighted by Gasteiger charge is -2.27. The number of benzene rings is 2. The highest BCUT2D eigenvalue weighted by atomic mass is 35.5. The van der Waals surface area contributed by atoms with E-state index in [0.29, 0.717) is 43.0 Å². The SMILES string of the molecule is Cc1cc(OCCCc2c(C(=O)N[C@@H]3CCC[C@@H](C(=O)O)C3)[nH]c3c(-c4c(C)nn(C)c4C)c(Cl)ccc23)cc(C)c1Cl. The quantitative estimate of drug-likeness (QED) is 0.167. The Morgan fingerprint density at radius 2 is 1.84 bits per heavy atom. The highest BCUT2D eigenvalue weighted by molar-refractivity contribution is 6.35. The second kappa shape index (κ2) is 12.6. The number of aromatic amines is 1. The number of carbonyl (C=O) groups excluding carboxylic acids is 1. The molecule has 3 N–H and O–H groups in total. The second-order valence-corrected chi connectivity index (χ2v) is 12.5. The van der Waals surface area contributed by atoms with Crippen molar-refractivity contribution in [1.82, 2.24) is 20.1 Å². The number of fused-ring (bicyclic) bond motifs is 1. The van der Waals surface area contributed by atoms with Crippen LogP contribution in [0, 0.1) is 33.6 Å². The van der Waals surface area contributed by atoms with E-state index >= 15 is 0 Å². The van der Waals surface area contributed by atoms with E-state index in [4.69, 9.17) is 27.9 Å². The number of aryl methyl sites for hydroxylation is 5. The Morgan fingerprint density at radius 1 is 1.12 bits per heavy atom. The van der Waals surface area contributed by atoms with E-state index in [0.717, 1.165) is 73.7 Å². The van der Waals surface area contributed by atoms with Gasteiger partial charge in [0.1, 0.15) is 11.4 Å². The number of aliphatic carboxylic acids is 1. The summed E-state index contributed by atoms with van der Waals surface area (Å²) in [5, 5.41) is 19.5. The first kappa shape index (κ1) is 31.0. The molecule has 1 fully saturated rings. The first-order valence-corrected chi connectivity index (χ1v) is 15.5. The number of carboxylic acid groups (broad SMARTS) is 1. The Bertz CT molecular complexity index is 1680. The Kier molecular flexibility index (Phi) is 9.09. The summed E-state index contributed by atoms with van der Waals surface area (Å²) in [5.74, 6) is -0.731. The molecule has 2 atom stereocenters. The smallest absolute Gasteiger partial charge is 0.306 e. The average molecular weight is 626 g/mol. The molecule has 43 heavy (non-hydrogen) atoms. The molecule has 0 radical (unpaired) electrons. The number of ether oxygens (including phenoxy) is 1. The minimum atomic E-state index is -0.808. The van der Waals surface area contributed by atoms with Gasteiger partial charge in [0.05, 0.1) is 28.8 Å². The number of hydrogen-bond acceptors (Lipinski definition) is 4. The van der Waals surface area contributed by atoms with E-state index < -0.39 is 11.9 Å². The van der Waals surface area contributed by atoms with Gasteiger partial charge in [-0.05, 0) is 94.7 Å². The van der Waals surface area contributed by atoms with E-state index in [1.807, 2.05) is 63.7 Å². The fourth-order valence-corrected chi connectivity index (χ4v) is 6.72. The van der Waals surface area contributed by atoms with Crippen molar-refractivity contribution >= 4 is 46.0 Å². The summed E-state index contributed by atoms with van der Waals surface area (Å²) in [5.41, 5.74) is 7.62. The lowest BCUT2D eigenvalue weighted by atomic mass is 9.85. The van der Waals surface area contributed by atoms with Crippen molar-refractivity contribution in [3.8, 4) is 16.9 Å². The molecule has 0 aliphatic heterocycles. The van der Waals surface area contributed by atoms with E-state index in [9.17, 15) is 14.7 Å². The van der Waals surface area contributed by atoms with E-state index in [1.54, 1.807) is 0 Å². The van der Waals surface area contributed by atoms with Gasteiger partial charge >= 0.3 is 5.97 Å². The van der Waals surface area contributed by atoms with Gasteiger partial charge in [0.2, 0.25) is 0 Å². The Hall–Kier alpha value is -3.49. The van der Waals surface area contributed by atoms with Crippen molar-refractivity contribution < 1.29 is 19.4 Å². The molecular formula is C33H38Cl2N4O4. The van der Waals surface area contributed by atoms with Crippen molar-refractivity contribution in [2.24, 2.45) is 13.0 Å². The van der Waals surface area contributed by atoms with Crippen LogP contribution in [-0.4, -0.2) is 44.4 Å². The molecule has 2 aromatic carbocycles. The third kappa shape index (κ3) is 6.27. The number of carboxylic acids is 1. The molecular weight excluding hydrogens is 587 g/mol. The van der Waals surface area contributed by atoms with Crippen molar-refractivity contribution in [1.29, 1.82) is 0 Å². The second-order valence-electron chi connectivity index (χ2n) is 11.7. The summed E-state index contributed by atoms with van der Waals surface area (Å²) in [6, 6.07) is 7.49. The zero-order chi connectivity index (χ0) is 31.0. The molecule has 228 valence electrons. The first-order valence-electron chi connectivity index (χ1n) is 14.7. The summed E-state index contributed by atoms with van der Waals surface area (Å²) in [6.07, 6.45) is 3.84. The zero-order valence-corrected chi connectivity index (χ0v) is 26.7. The van der Waals surface area contributed by atoms with Crippen LogP contribution in [0.5, 0.6) is 5.75 Å². The van der Waals surface area contributed by atoms with Crippen LogP contribution in [0.4, 0.5) is 0 Å². The Balaban J connectivity index is 1.48. The van der Waals surface area contributed by atoms with Crippen LogP contribution < -0.4 is 10.1 Å². The first-order chi connectivity index (χ1) is 20.5. The summed E-state index contributed by atoms with van der Waals surface area (Å²) in [6.45, 7) is 8.32. The molecule has 8 nitrogen and oxygen atoms in total. The number of nitrogens with zero attached hydrogens (tertiary/aromatic N) is 2. The molecule has 0 saturated heterocycles. The molecule has 1 saturated carbocycles. The number of halogens is 2. The van der Waals surface area contributed by atoms with Gasteiger partial charge in [-0.1, -0.05) is 35.7 Å². The van der Waals surface area contributed by atoms with Crippen LogP contribution in [-0.2, 0) is 18.3 Å². The van der Waals surface area contributed by atoms with Crippen LogP contribution >= 0.6 is 23.2 Å². The van der Waals surface area contributed by atoms with Crippen LogP contribution in [0.15, 0.2) is 24.3 Å². The maximum atomic E-state index is 13.8. The van der Waals surface area contributed by atoms with E-state index in [-0.39, 0.29) is 11.9 Å². The monoisotopic (exact) mass is 624 g/mol. The number of hydrogen-bond donors (Lipinski definition) is 3. The number of nitrogens with one attached hydrogen (secondary N) is 2. The predicted molar refractivity (Wildman–Crippen MR) is 171 cm³/mol. The van der Waals surface area contributed by atoms with Crippen LogP contribution in [0.2, 0.25) is 10.0 Å². The van der Waals surface area contributed by atoms with Crippen molar-refractivity contribution in [2.45, 2.75) is 72.3 Å². The van der Waals surface area contributed by atoms with Gasteiger partial charge in [-0.15, -0.1) is 0 Å². The van der Waals surface area contributed by atoms with Crippen LogP contribution in [0.25, 0.3) is 22.0 Å². The highest BCUT2D eigenvalue weighted by Gasteiger charge is 2.30. The normalized spacial score (nSPS) is 16.9. The molecule has 1 aliphatic rings. The van der Waals surface area contributed by atoms with Gasteiger partial charge in [0, 0.05) is 40.3 Å². The minimum absolute atomic E-state index is 0.202. The topological polar surface area (TPSA) is 109 Å². The largest absolute Gasteiger partial charge is 0.494 e. The summed E-state index contributed by atoms with van der Waals surface area (Å²) in [4.78, 5) is 28.9. The fourth-order valence-electron chi connectivity index (χ4n) is 6.36. The number of rotatable bonds is 9. The Morgan fingerprint density at radius 3 is 2.49 bits per heavy atom. The van der Waals surface area contributed by atoms with E-state index in [2.05, 4.69) is 15.4 Å². The summed E-state index contributed by atoms with van der Waals surface area (Å²) in [7, 11) is 1.90. The van der Waals surface area contributed by atoms with Gasteiger partial charge in [-0.3, -0.25) is 14.3 Å².